The molecule has 1 aromatic rings. The van der Waals surface area contributed by atoms with Crippen molar-refractivity contribution in [1.29, 1.82) is 0 Å². The fourth-order valence-corrected chi connectivity index (χ4v) is 2.26. The van der Waals surface area contributed by atoms with Gasteiger partial charge in [0.05, 0.1) is 15.6 Å². The van der Waals surface area contributed by atoms with E-state index in [1.54, 1.807) is 18.2 Å². The third-order valence-electron chi connectivity index (χ3n) is 2.47. The summed E-state index contributed by atoms with van der Waals surface area (Å²) in [6.07, 6.45) is 0.827. The zero-order chi connectivity index (χ0) is 13.7. The number of amides is 1. The average molecular weight is 309 g/mol. The summed E-state index contributed by atoms with van der Waals surface area (Å²) in [6.45, 7) is 4.16. The molecule has 18 heavy (non-hydrogen) atoms. The normalized spacial score (nSPS) is 12.6. The summed E-state index contributed by atoms with van der Waals surface area (Å²) in [5.41, 5.74) is 0.378. The summed E-state index contributed by atoms with van der Waals surface area (Å²) in [5.74, 6) is 0.597. The third kappa shape index (κ3) is 4.34. The van der Waals surface area contributed by atoms with E-state index in [0.717, 1.165) is 6.42 Å². The molecular formula is C13H16Cl3NO. The highest BCUT2D eigenvalue weighted by Crippen LogP contribution is 2.25. The fourth-order valence-electron chi connectivity index (χ4n) is 1.67. The van der Waals surface area contributed by atoms with Crippen molar-refractivity contribution in [3.63, 3.8) is 0 Å². The predicted molar refractivity (Wildman–Crippen MR) is 77.9 cm³/mol. The average Bonchev–Trinajstić information content (AvgIpc) is 2.31. The summed E-state index contributed by atoms with van der Waals surface area (Å²) in [7, 11) is 0. The Kier molecular flexibility index (Phi) is 6.27. The first-order chi connectivity index (χ1) is 8.45. The lowest BCUT2D eigenvalue weighted by Gasteiger charge is -2.18. The minimum atomic E-state index is -0.242. The Morgan fingerprint density at radius 2 is 2.00 bits per heavy atom. The Hall–Kier alpha value is -0.440. The number of carbonyl (C=O) groups is 1. The molecule has 0 radical (unpaired) electrons. The zero-order valence-corrected chi connectivity index (χ0v) is 12.6. The van der Waals surface area contributed by atoms with Crippen LogP contribution in [0.1, 0.15) is 30.6 Å². The molecule has 0 heterocycles. The summed E-state index contributed by atoms with van der Waals surface area (Å²) < 4.78 is 0. The van der Waals surface area contributed by atoms with Gasteiger partial charge in [-0.15, -0.1) is 11.6 Å². The van der Waals surface area contributed by atoms with Crippen molar-refractivity contribution >= 4 is 40.7 Å². The molecule has 0 aliphatic rings. The fraction of sp³-hybridized carbons (Fsp3) is 0.462. The van der Waals surface area contributed by atoms with Crippen LogP contribution in [0.3, 0.4) is 0 Å². The van der Waals surface area contributed by atoms with Crippen LogP contribution in [-0.2, 0) is 0 Å². The molecule has 1 atom stereocenters. The minimum absolute atomic E-state index is 0.0609. The highest BCUT2D eigenvalue weighted by molar-refractivity contribution is 6.43. The molecule has 1 amide bonds. The quantitative estimate of drug-likeness (QED) is 0.804. The Balaban J connectivity index is 2.78. The van der Waals surface area contributed by atoms with Crippen LogP contribution in [0.4, 0.5) is 0 Å². The molecule has 0 saturated heterocycles. The largest absolute Gasteiger partial charge is 0.348 e. The number of carbonyl (C=O) groups excluding carboxylic acids is 1. The van der Waals surface area contributed by atoms with Crippen LogP contribution >= 0.6 is 34.8 Å². The van der Waals surface area contributed by atoms with Gasteiger partial charge in [-0.3, -0.25) is 4.79 Å². The van der Waals surface area contributed by atoms with Crippen LogP contribution in [0, 0.1) is 5.92 Å². The van der Waals surface area contributed by atoms with Gasteiger partial charge in [-0.2, -0.15) is 0 Å². The highest BCUT2D eigenvalue weighted by Gasteiger charge is 2.17. The number of halogens is 3. The molecule has 1 N–H and O–H groups in total. The van der Waals surface area contributed by atoms with Crippen molar-refractivity contribution in [1.82, 2.24) is 5.32 Å². The Morgan fingerprint density at radius 3 is 2.56 bits per heavy atom. The molecular weight excluding hydrogens is 293 g/mol. The first-order valence-electron chi connectivity index (χ1n) is 5.76. The summed E-state index contributed by atoms with van der Waals surface area (Å²) >= 11 is 17.7. The van der Waals surface area contributed by atoms with Crippen LogP contribution in [0.25, 0.3) is 0 Å². The number of benzene rings is 1. The van der Waals surface area contributed by atoms with Gasteiger partial charge in [0.25, 0.3) is 5.91 Å². The number of hydrogen-bond acceptors (Lipinski definition) is 1. The lowest BCUT2D eigenvalue weighted by atomic mass is 10.0. The summed E-state index contributed by atoms with van der Waals surface area (Å²) in [4.78, 5) is 12.1. The van der Waals surface area contributed by atoms with Crippen LogP contribution in [0.5, 0.6) is 0 Å². The maximum Gasteiger partial charge on any atom is 0.253 e. The molecule has 100 valence electrons. The molecule has 0 bridgehead atoms. The van der Waals surface area contributed by atoms with Crippen molar-refractivity contribution in [3.05, 3.63) is 33.8 Å². The molecule has 0 fully saturated rings. The van der Waals surface area contributed by atoms with E-state index in [-0.39, 0.29) is 17.0 Å². The first kappa shape index (κ1) is 15.6. The van der Waals surface area contributed by atoms with Crippen LogP contribution in [0.15, 0.2) is 18.2 Å². The van der Waals surface area contributed by atoms with Gasteiger partial charge in [0.2, 0.25) is 0 Å². The van der Waals surface area contributed by atoms with E-state index in [1.807, 2.05) is 0 Å². The molecule has 1 rings (SSSR count). The topological polar surface area (TPSA) is 29.1 Å². The molecule has 0 aromatic heterocycles. The van der Waals surface area contributed by atoms with Crippen LogP contribution in [-0.4, -0.2) is 17.8 Å². The number of hydrogen-bond donors (Lipinski definition) is 1. The highest BCUT2D eigenvalue weighted by atomic mass is 35.5. The molecule has 0 aliphatic heterocycles. The monoisotopic (exact) mass is 307 g/mol. The van der Waals surface area contributed by atoms with E-state index in [0.29, 0.717) is 22.4 Å². The van der Waals surface area contributed by atoms with Crippen molar-refractivity contribution in [2.75, 3.05) is 5.88 Å². The standard InChI is InChI=1S/C13H16Cl3NO/c1-8(2)6-9(7-14)17-13(18)10-4-3-5-11(15)12(10)16/h3-5,8-9H,6-7H2,1-2H3,(H,17,18). The second-order valence-corrected chi connectivity index (χ2v) is 5.65. The van der Waals surface area contributed by atoms with Crippen LogP contribution in [0.2, 0.25) is 10.0 Å². The molecule has 1 unspecified atom stereocenters. The molecule has 0 aliphatic carbocycles. The summed E-state index contributed by atoms with van der Waals surface area (Å²) in [6, 6.07) is 4.92. The van der Waals surface area contributed by atoms with Crippen molar-refractivity contribution in [2.45, 2.75) is 26.3 Å². The van der Waals surface area contributed by atoms with E-state index in [2.05, 4.69) is 19.2 Å². The summed E-state index contributed by atoms with van der Waals surface area (Å²) in [5, 5.41) is 3.51. The van der Waals surface area contributed by atoms with E-state index in [4.69, 9.17) is 34.8 Å². The van der Waals surface area contributed by atoms with Gasteiger partial charge >= 0.3 is 0 Å². The Labute approximate surface area is 123 Å². The molecule has 0 saturated carbocycles. The van der Waals surface area contributed by atoms with Gasteiger partial charge in [0.15, 0.2) is 0 Å². The maximum absolute atomic E-state index is 12.1. The minimum Gasteiger partial charge on any atom is -0.348 e. The lowest BCUT2D eigenvalue weighted by Crippen LogP contribution is -2.37. The van der Waals surface area contributed by atoms with Gasteiger partial charge in [0, 0.05) is 11.9 Å². The molecule has 0 spiro atoms. The van der Waals surface area contributed by atoms with E-state index >= 15 is 0 Å². The second kappa shape index (κ2) is 7.22. The Bertz CT molecular complexity index is 421. The van der Waals surface area contributed by atoms with Crippen molar-refractivity contribution in [2.24, 2.45) is 5.92 Å². The van der Waals surface area contributed by atoms with Gasteiger partial charge in [-0.1, -0.05) is 43.1 Å². The van der Waals surface area contributed by atoms with E-state index < -0.39 is 0 Å². The molecule has 2 nitrogen and oxygen atoms in total. The predicted octanol–water partition coefficient (Wildman–Crippen LogP) is 4.38. The number of nitrogens with one attached hydrogen (secondary N) is 1. The van der Waals surface area contributed by atoms with Gasteiger partial charge in [-0.05, 0) is 24.5 Å². The number of alkyl halides is 1. The van der Waals surface area contributed by atoms with Crippen molar-refractivity contribution in [3.8, 4) is 0 Å². The number of rotatable bonds is 5. The third-order valence-corrected chi connectivity index (χ3v) is 3.67. The van der Waals surface area contributed by atoms with Gasteiger partial charge < -0.3 is 5.32 Å². The van der Waals surface area contributed by atoms with Crippen molar-refractivity contribution < 1.29 is 4.79 Å². The van der Waals surface area contributed by atoms with Gasteiger partial charge in [0.1, 0.15) is 0 Å². The molecule has 5 heteroatoms. The SMILES string of the molecule is CC(C)CC(CCl)NC(=O)c1cccc(Cl)c1Cl. The molecule has 1 aromatic carbocycles. The van der Waals surface area contributed by atoms with E-state index in [9.17, 15) is 4.79 Å². The van der Waals surface area contributed by atoms with E-state index in [1.165, 1.54) is 0 Å². The van der Waals surface area contributed by atoms with Crippen LogP contribution < -0.4 is 5.32 Å². The maximum atomic E-state index is 12.1. The lowest BCUT2D eigenvalue weighted by molar-refractivity contribution is 0.0937. The Morgan fingerprint density at radius 1 is 1.33 bits per heavy atom. The smallest absolute Gasteiger partial charge is 0.253 e. The van der Waals surface area contributed by atoms with Gasteiger partial charge in [-0.25, -0.2) is 0 Å². The first-order valence-corrected chi connectivity index (χ1v) is 7.05. The zero-order valence-electron chi connectivity index (χ0n) is 10.3. The second-order valence-electron chi connectivity index (χ2n) is 4.56.